The van der Waals surface area contributed by atoms with Crippen LogP contribution < -0.4 is 5.32 Å². The minimum absolute atomic E-state index is 0.515. The first kappa shape index (κ1) is 12.0. The van der Waals surface area contributed by atoms with Gasteiger partial charge in [-0.2, -0.15) is 0 Å². The van der Waals surface area contributed by atoms with E-state index in [4.69, 9.17) is 4.99 Å². The Morgan fingerprint density at radius 3 is 2.89 bits per heavy atom. The molecule has 5 nitrogen and oxygen atoms in total. The number of amidine groups is 1. The van der Waals surface area contributed by atoms with E-state index in [1.54, 1.807) is 6.33 Å². The average Bonchev–Trinajstić information content (AvgIpc) is 2.99. The lowest BCUT2D eigenvalue weighted by atomic mass is 9.89. The Labute approximate surface area is 111 Å². The van der Waals surface area contributed by atoms with Gasteiger partial charge in [-0.05, 0) is 18.3 Å². The maximum atomic E-state index is 4.70. The molecule has 0 bridgehead atoms. The van der Waals surface area contributed by atoms with Crippen LogP contribution in [-0.4, -0.2) is 32.2 Å². The zero-order valence-electron chi connectivity index (χ0n) is 10.7. The summed E-state index contributed by atoms with van der Waals surface area (Å²) in [6, 6.07) is 0. The fourth-order valence-corrected chi connectivity index (χ4v) is 3.86. The Hall–Kier alpha value is -1.04. The lowest BCUT2D eigenvalue weighted by Gasteiger charge is -2.31. The van der Waals surface area contributed by atoms with E-state index in [-0.39, 0.29) is 0 Å². The van der Waals surface area contributed by atoms with E-state index < -0.39 is 0 Å². The number of aromatic nitrogens is 3. The molecule has 98 valence electrons. The van der Waals surface area contributed by atoms with E-state index in [2.05, 4.69) is 15.5 Å². The zero-order valence-corrected chi connectivity index (χ0v) is 11.5. The van der Waals surface area contributed by atoms with Crippen molar-refractivity contribution in [1.82, 2.24) is 20.1 Å². The summed E-state index contributed by atoms with van der Waals surface area (Å²) in [6.07, 6.45) is 7.22. The molecule has 18 heavy (non-hydrogen) atoms. The molecule has 1 fully saturated rings. The second-order valence-corrected chi connectivity index (χ2v) is 6.29. The molecule has 0 unspecified atom stereocenters. The predicted molar refractivity (Wildman–Crippen MR) is 73.5 cm³/mol. The van der Waals surface area contributed by atoms with Crippen LogP contribution in [0, 0.1) is 5.41 Å². The minimum atomic E-state index is 0.515. The van der Waals surface area contributed by atoms with Crippen LogP contribution in [0.25, 0.3) is 0 Å². The SMILES string of the molecule is Cn1cnnc1CNC1=NCC2(CCCC2)CS1. The van der Waals surface area contributed by atoms with Gasteiger partial charge in [0.15, 0.2) is 11.0 Å². The molecule has 1 aromatic heterocycles. The normalized spacial score (nSPS) is 22.2. The maximum Gasteiger partial charge on any atom is 0.156 e. The van der Waals surface area contributed by atoms with E-state index in [1.165, 1.54) is 31.4 Å². The van der Waals surface area contributed by atoms with Gasteiger partial charge in [0.2, 0.25) is 0 Å². The van der Waals surface area contributed by atoms with Crippen molar-refractivity contribution in [3.8, 4) is 0 Å². The van der Waals surface area contributed by atoms with Crippen molar-refractivity contribution >= 4 is 16.9 Å². The van der Waals surface area contributed by atoms with Crippen LogP contribution in [0.15, 0.2) is 11.3 Å². The topological polar surface area (TPSA) is 55.1 Å². The number of thioether (sulfide) groups is 1. The quantitative estimate of drug-likeness (QED) is 0.882. The van der Waals surface area contributed by atoms with Gasteiger partial charge in [-0.25, -0.2) is 0 Å². The summed E-state index contributed by atoms with van der Waals surface area (Å²) >= 11 is 1.87. The van der Waals surface area contributed by atoms with Gasteiger partial charge < -0.3 is 9.88 Å². The first-order chi connectivity index (χ1) is 8.77. The van der Waals surface area contributed by atoms with Crippen molar-refractivity contribution < 1.29 is 0 Å². The predicted octanol–water partition coefficient (Wildman–Crippen LogP) is 1.57. The van der Waals surface area contributed by atoms with Gasteiger partial charge in [-0.1, -0.05) is 24.6 Å². The minimum Gasteiger partial charge on any atom is -0.358 e. The zero-order chi connectivity index (χ0) is 12.4. The molecule has 1 aliphatic carbocycles. The third-order valence-corrected chi connectivity index (χ3v) is 5.24. The van der Waals surface area contributed by atoms with E-state index >= 15 is 0 Å². The van der Waals surface area contributed by atoms with Gasteiger partial charge in [-0.3, -0.25) is 4.99 Å². The van der Waals surface area contributed by atoms with Gasteiger partial charge in [0.25, 0.3) is 0 Å². The number of rotatable bonds is 2. The second-order valence-electron chi connectivity index (χ2n) is 5.33. The van der Waals surface area contributed by atoms with Crippen LogP contribution in [0.1, 0.15) is 31.5 Å². The van der Waals surface area contributed by atoms with Crippen molar-refractivity contribution in [1.29, 1.82) is 0 Å². The first-order valence-corrected chi connectivity index (χ1v) is 7.50. The number of nitrogens with zero attached hydrogens (tertiary/aromatic N) is 4. The third-order valence-electron chi connectivity index (χ3n) is 3.94. The Morgan fingerprint density at radius 1 is 1.44 bits per heavy atom. The number of nitrogens with one attached hydrogen (secondary N) is 1. The Balaban J connectivity index is 1.55. The molecule has 1 N–H and O–H groups in total. The summed E-state index contributed by atoms with van der Waals surface area (Å²) in [7, 11) is 1.96. The number of aryl methyl sites for hydroxylation is 1. The molecule has 0 saturated heterocycles. The third kappa shape index (κ3) is 2.39. The fourth-order valence-electron chi connectivity index (χ4n) is 2.71. The largest absolute Gasteiger partial charge is 0.358 e. The highest BCUT2D eigenvalue weighted by atomic mass is 32.2. The smallest absolute Gasteiger partial charge is 0.156 e. The van der Waals surface area contributed by atoms with Gasteiger partial charge in [0.05, 0.1) is 6.54 Å². The monoisotopic (exact) mass is 265 g/mol. The molecule has 3 rings (SSSR count). The lowest BCUT2D eigenvalue weighted by Crippen LogP contribution is -2.33. The molecular formula is C12H19N5S. The molecule has 0 aromatic carbocycles. The second kappa shape index (κ2) is 4.91. The maximum absolute atomic E-state index is 4.70. The molecule has 1 spiro atoms. The van der Waals surface area contributed by atoms with Crippen LogP contribution in [-0.2, 0) is 13.6 Å². The Morgan fingerprint density at radius 2 is 2.28 bits per heavy atom. The highest BCUT2D eigenvalue weighted by molar-refractivity contribution is 8.13. The van der Waals surface area contributed by atoms with E-state index in [0.717, 1.165) is 17.5 Å². The molecule has 0 radical (unpaired) electrons. The van der Waals surface area contributed by atoms with Crippen molar-refractivity contribution in [3.63, 3.8) is 0 Å². The standard InChI is InChI=1S/C12H19N5S/c1-17-9-15-16-10(17)6-13-11-14-7-12(8-18-11)4-2-3-5-12/h9H,2-8H2,1H3,(H,13,14). The van der Waals surface area contributed by atoms with Crippen LogP contribution >= 0.6 is 11.8 Å². The molecule has 1 aliphatic heterocycles. The van der Waals surface area contributed by atoms with Crippen molar-refractivity contribution in [2.75, 3.05) is 12.3 Å². The molecular weight excluding hydrogens is 246 g/mol. The van der Waals surface area contributed by atoms with Gasteiger partial charge >= 0.3 is 0 Å². The number of hydrogen-bond donors (Lipinski definition) is 1. The average molecular weight is 265 g/mol. The molecule has 2 aliphatic rings. The highest BCUT2D eigenvalue weighted by Crippen LogP contribution is 2.43. The van der Waals surface area contributed by atoms with E-state index in [0.29, 0.717) is 12.0 Å². The van der Waals surface area contributed by atoms with Gasteiger partial charge in [-0.15, -0.1) is 10.2 Å². The van der Waals surface area contributed by atoms with Crippen LogP contribution in [0.4, 0.5) is 0 Å². The van der Waals surface area contributed by atoms with Crippen LogP contribution in [0.2, 0.25) is 0 Å². The molecule has 0 amide bonds. The van der Waals surface area contributed by atoms with Crippen molar-refractivity contribution in [2.45, 2.75) is 32.2 Å². The number of aliphatic imine (C=N–C) groups is 1. The van der Waals surface area contributed by atoms with Crippen molar-refractivity contribution in [3.05, 3.63) is 12.2 Å². The van der Waals surface area contributed by atoms with E-state index in [9.17, 15) is 0 Å². The summed E-state index contributed by atoms with van der Waals surface area (Å²) in [4.78, 5) is 4.70. The molecule has 1 saturated carbocycles. The summed E-state index contributed by atoms with van der Waals surface area (Å²) in [5.74, 6) is 2.16. The summed E-state index contributed by atoms with van der Waals surface area (Å²) in [5, 5.41) is 12.4. The Bertz CT molecular complexity index is 447. The molecule has 6 heteroatoms. The van der Waals surface area contributed by atoms with Crippen LogP contribution in [0.3, 0.4) is 0 Å². The van der Waals surface area contributed by atoms with Crippen LogP contribution in [0.5, 0.6) is 0 Å². The van der Waals surface area contributed by atoms with Crippen molar-refractivity contribution in [2.24, 2.45) is 17.5 Å². The number of hydrogen-bond acceptors (Lipinski definition) is 5. The van der Waals surface area contributed by atoms with Gasteiger partial charge in [0, 0.05) is 19.3 Å². The molecule has 0 atom stereocenters. The van der Waals surface area contributed by atoms with Gasteiger partial charge in [0.1, 0.15) is 6.33 Å². The molecule has 2 heterocycles. The van der Waals surface area contributed by atoms with E-state index in [1.807, 2.05) is 23.4 Å². The Kier molecular flexibility index (Phi) is 3.28. The first-order valence-electron chi connectivity index (χ1n) is 6.51. The lowest BCUT2D eigenvalue weighted by molar-refractivity contribution is 0.358. The fraction of sp³-hybridized carbons (Fsp3) is 0.750. The summed E-state index contributed by atoms with van der Waals surface area (Å²) < 4.78 is 1.93. The highest BCUT2D eigenvalue weighted by Gasteiger charge is 2.36. The molecule has 1 aromatic rings. The summed E-state index contributed by atoms with van der Waals surface area (Å²) in [6.45, 7) is 1.70. The summed E-state index contributed by atoms with van der Waals surface area (Å²) in [5.41, 5.74) is 0.515.